The fraction of sp³-hybridized carbons (Fsp3) is 0.391. The number of amides is 1. The first-order chi connectivity index (χ1) is 15.3. The third-order valence-corrected chi connectivity index (χ3v) is 6.65. The van der Waals surface area contributed by atoms with Crippen LogP contribution in [-0.2, 0) is 9.84 Å². The van der Waals surface area contributed by atoms with Crippen molar-refractivity contribution in [2.24, 2.45) is 0 Å². The molecule has 0 spiro atoms. The molecule has 1 N–H and O–H groups in total. The van der Waals surface area contributed by atoms with E-state index < -0.39 is 15.7 Å². The van der Waals surface area contributed by atoms with Gasteiger partial charge >= 0.3 is 0 Å². The fourth-order valence-electron chi connectivity index (χ4n) is 4.02. The van der Waals surface area contributed by atoms with Crippen LogP contribution in [0.4, 0.5) is 0 Å². The van der Waals surface area contributed by atoms with Crippen molar-refractivity contribution in [3.8, 4) is 11.5 Å². The van der Waals surface area contributed by atoms with E-state index in [1.54, 1.807) is 31.5 Å². The number of hydrogen-bond acceptors (Lipinski definition) is 6. The topological polar surface area (TPSA) is 99.0 Å². The van der Waals surface area contributed by atoms with Crippen molar-refractivity contribution in [3.63, 3.8) is 0 Å². The summed E-state index contributed by atoms with van der Waals surface area (Å²) in [7, 11) is -2.01. The van der Waals surface area contributed by atoms with E-state index in [4.69, 9.17) is 9.47 Å². The zero-order chi connectivity index (χ0) is 22.9. The van der Waals surface area contributed by atoms with Crippen LogP contribution in [0.2, 0.25) is 0 Å². The Kier molecular flexibility index (Phi) is 6.10. The highest BCUT2D eigenvalue weighted by Gasteiger charge is 2.24. The highest BCUT2D eigenvalue weighted by Crippen LogP contribution is 2.34. The van der Waals surface area contributed by atoms with E-state index in [2.05, 4.69) is 10.3 Å². The van der Waals surface area contributed by atoms with Gasteiger partial charge in [0.1, 0.15) is 0 Å². The predicted octanol–water partition coefficient (Wildman–Crippen LogP) is 3.56. The monoisotopic (exact) mass is 457 g/mol. The van der Waals surface area contributed by atoms with E-state index in [0.717, 1.165) is 24.7 Å². The molecule has 9 heteroatoms. The normalized spacial score (nSPS) is 15.6. The van der Waals surface area contributed by atoms with Gasteiger partial charge in [0.15, 0.2) is 17.2 Å². The number of rotatable bonds is 7. The van der Waals surface area contributed by atoms with Gasteiger partial charge in [-0.2, -0.15) is 0 Å². The lowest BCUT2D eigenvalue weighted by atomic mass is 10.1. The Balaban J connectivity index is 1.56. The second kappa shape index (κ2) is 8.82. The lowest BCUT2D eigenvalue weighted by molar-refractivity contribution is 0.0936. The largest absolute Gasteiger partial charge is 0.493 e. The van der Waals surface area contributed by atoms with Crippen LogP contribution in [0.3, 0.4) is 0 Å². The molecule has 0 aliphatic heterocycles. The number of hydrogen-bond donors (Lipinski definition) is 1. The van der Waals surface area contributed by atoms with Gasteiger partial charge in [-0.15, -0.1) is 0 Å². The Hall–Kier alpha value is -3.07. The third-order valence-electron chi connectivity index (χ3n) is 5.69. The number of pyridine rings is 1. The van der Waals surface area contributed by atoms with Gasteiger partial charge < -0.3 is 14.8 Å². The molecule has 0 bridgehead atoms. The summed E-state index contributed by atoms with van der Waals surface area (Å²) in [4.78, 5) is 17.1. The first kappa shape index (κ1) is 22.1. The minimum atomic E-state index is -3.61. The summed E-state index contributed by atoms with van der Waals surface area (Å²) in [5.41, 5.74) is 1.32. The van der Waals surface area contributed by atoms with E-state index >= 15 is 0 Å². The molecule has 1 unspecified atom stereocenters. The number of nitrogens with zero attached hydrogens (tertiary/aromatic N) is 2. The molecule has 1 amide bonds. The molecule has 2 aromatic heterocycles. The van der Waals surface area contributed by atoms with Crippen molar-refractivity contribution in [3.05, 3.63) is 53.9 Å². The molecule has 1 saturated carbocycles. The number of fused-ring (bicyclic) bond motifs is 1. The zero-order valence-corrected chi connectivity index (χ0v) is 19.2. The summed E-state index contributed by atoms with van der Waals surface area (Å²) in [5, 5.41) is 2.74. The maximum Gasteiger partial charge on any atom is 0.272 e. The number of carbonyl (C=O) groups is 1. The predicted molar refractivity (Wildman–Crippen MR) is 120 cm³/mol. The van der Waals surface area contributed by atoms with Gasteiger partial charge in [0.05, 0.1) is 24.8 Å². The lowest BCUT2D eigenvalue weighted by Gasteiger charge is -2.19. The van der Waals surface area contributed by atoms with E-state index in [-0.39, 0.29) is 23.0 Å². The standard InChI is InChI=1S/C23H27N3O5S/c1-15(16-11-12-19(20(14-16)30-2)31-17-8-4-5-9-17)24-22(27)21-18-10-6-7-13-26(18)23(25-21)32(3,28)29/h6-7,10-15,17H,4-5,8-9H2,1-3H3,(H,24,27). The van der Waals surface area contributed by atoms with Crippen LogP contribution in [0, 0.1) is 0 Å². The maximum absolute atomic E-state index is 13.0. The molecule has 170 valence electrons. The van der Waals surface area contributed by atoms with Gasteiger partial charge in [0.2, 0.25) is 15.0 Å². The molecule has 1 aliphatic rings. The minimum absolute atomic E-state index is 0.0611. The molecule has 1 fully saturated rings. The van der Waals surface area contributed by atoms with Crippen LogP contribution in [0.25, 0.3) is 5.52 Å². The van der Waals surface area contributed by atoms with E-state index in [1.807, 2.05) is 25.1 Å². The summed E-state index contributed by atoms with van der Waals surface area (Å²) in [6.07, 6.45) is 7.31. The van der Waals surface area contributed by atoms with E-state index in [9.17, 15) is 13.2 Å². The summed E-state index contributed by atoms with van der Waals surface area (Å²) >= 11 is 0. The molecule has 3 aromatic rings. The molecule has 32 heavy (non-hydrogen) atoms. The van der Waals surface area contributed by atoms with Gasteiger partial charge in [-0.1, -0.05) is 12.1 Å². The average molecular weight is 458 g/mol. The molecule has 0 radical (unpaired) electrons. The summed E-state index contributed by atoms with van der Waals surface area (Å²) in [5.74, 6) is 0.850. The number of methoxy groups -OCH3 is 1. The van der Waals surface area contributed by atoms with Gasteiger partial charge in [-0.25, -0.2) is 13.4 Å². The highest BCUT2D eigenvalue weighted by atomic mass is 32.2. The van der Waals surface area contributed by atoms with Crippen LogP contribution in [-0.4, -0.2) is 43.2 Å². The van der Waals surface area contributed by atoms with Crippen molar-refractivity contribution in [1.82, 2.24) is 14.7 Å². The van der Waals surface area contributed by atoms with Gasteiger partial charge in [-0.05, 0) is 62.4 Å². The minimum Gasteiger partial charge on any atom is -0.493 e. The lowest BCUT2D eigenvalue weighted by Crippen LogP contribution is -2.27. The number of benzene rings is 1. The van der Waals surface area contributed by atoms with Crippen LogP contribution in [0.15, 0.2) is 47.8 Å². The van der Waals surface area contributed by atoms with Crippen molar-refractivity contribution in [1.29, 1.82) is 0 Å². The average Bonchev–Trinajstić information content (AvgIpc) is 3.41. The molecule has 8 nitrogen and oxygen atoms in total. The van der Waals surface area contributed by atoms with Crippen molar-refractivity contribution < 1.29 is 22.7 Å². The van der Waals surface area contributed by atoms with Gasteiger partial charge in [0, 0.05) is 12.5 Å². The molecule has 1 atom stereocenters. The summed E-state index contributed by atoms with van der Waals surface area (Å²) in [6.45, 7) is 1.85. The second-order valence-electron chi connectivity index (χ2n) is 8.10. The molecule has 2 heterocycles. The highest BCUT2D eigenvalue weighted by molar-refractivity contribution is 7.90. The number of sulfone groups is 1. The fourth-order valence-corrected chi connectivity index (χ4v) is 4.80. The van der Waals surface area contributed by atoms with Crippen LogP contribution < -0.4 is 14.8 Å². The molecule has 0 saturated heterocycles. The molecule has 1 aromatic carbocycles. The van der Waals surface area contributed by atoms with Crippen LogP contribution in [0.5, 0.6) is 11.5 Å². The Morgan fingerprint density at radius 1 is 1.19 bits per heavy atom. The Morgan fingerprint density at radius 2 is 1.94 bits per heavy atom. The van der Waals surface area contributed by atoms with Crippen LogP contribution >= 0.6 is 0 Å². The van der Waals surface area contributed by atoms with Crippen molar-refractivity contribution >= 4 is 21.3 Å². The quantitative estimate of drug-likeness (QED) is 0.582. The Morgan fingerprint density at radius 3 is 2.62 bits per heavy atom. The van der Waals surface area contributed by atoms with Crippen molar-refractivity contribution in [2.75, 3.05) is 13.4 Å². The SMILES string of the molecule is COc1cc(C(C)NC(=O)c2nc(S(C)(=O)=O)n3ccccc23)ccc1OC1CCCC1. The first-order valence-corrected chi connectivity index (χ1v) is 12.5. The van der Waals surface area contributed by atoms with Crippen LogP contribution in [0.1, 0.15) is 54.7 Å². The summed E-state index contributed by atoms with van der Waals surface area (Å²) in [6, 6.07) is 10.3. The van der Waals surface area contributed by atoms with Gasteiger partial charge in [0.25, 0.3) is 5.91 Å². The molecule has 4 rings (SSSR count). The van der Waals surface area contributed by atoms with E-state index in [0.29, 0.717) is 17.0 Å². The van der Waals surface area contributed by atoms with Gasteiger partial charge in [-0.3, -0.25) is 9.20 Å². The number of imidazole rings is 1. The van der Waals surface area contributed by atoms with E-state index in [1.165, 1.54) is 17.2 Å². The Bertz CT molecular complexity index is 1250. The third kappa shape index (κ3) is 4.43. The summed E-state index contributed by atoms with van der Waals surface area (Å²) < 4.78 is 37.2. The number of ether oxygens (including phenoxy) is 2. The number of aromatic nitrogens is 2. The molecule has 1 aliphatic carbocycles. The molecular weight excluding hydrogens is 430 g/mol. The number of nitrogens with one attached hydrogen (secondary N) is 1. The van der Waals surface area contributed by atoms with Crippen molar-refractivity contribution in [2.45, 2.75) is 49.9 Å². The Labute approximate surface area is 187 Å². The maximum atomic E-state index is 13.0. The smallest absolute Gasteiger partial charge is 0.272 e. The zero-order valence-electron chi connectivity index (χ0n) is 18.4. The molecular formula is C23H27N3O5S. The number of carbonyl (C=O) groups excluding carboxylic acids is 1. The first-order valence-electron chi connectivity index (χ1n) is 10.6. The second-order valence-corrected chi connectivity index (χ2v) is 10.0.